The second kappa shape index (κ2) is 9.49. The molecule has 0 spiro atoms. The zero-order valence-electron chi connectivity index (χ0n) is 17.6. The van der Waals surface area contributed by atoms with Gasteiger partial charge in [-0.15, -0.1) is 0 Å². The first-order chi connectivity index (χ1) is 15.5. The standard InChI is InChI=1S/C24H22N4O3S/c1-15-3-5-16(6-4-15)14-31-21-10-7-17(11-22(21)30-2)13-25-28-23(29)18-8-9-19-20(12-18)27-24(32)26-19/h3-13H,14H2,1-2H3,(H,28,29)(H2,26,27,32)/b25-13-. The van der Waals surface area contributed by atoms with Gasteiger partial charge in [0, 0.05) is 5.56 Å². The number of aromatic amines is 2. The van der Waals surface area contributed by atoms with Gasteiger partial charge in [-0.05, 0) is 66.7 Å². The van der Waals surface area contributed by atoms with Crippen LogP contribution in [0.15, 0.2) is 65.8 Å². The average molecular weight is 447 g/mol. The molecular formula is C24H22N4O3S. The number of carbonyl (C=O) groups is 1. The van der Waals surface area contributed by atoms with Crippen molar-refractivity contribution < 1.29 is 14.3 Å². The van der Waals surface area contributed by atoms with Crippen LogP contribution in [0.4, 0.5) is 0 Å². The summed E-state index contributed by atoms with van der Waals surface area (Å²) in [6.07, 6.45) is 1.55. The van der Waals surface area contributed by atoms with E-state index in [0.29, 0.717) is 28.4 Å². The first-order valence-corrected chi connectivity index (χ1v) is 10.3. The Morgan fingerprint density at radius 3 is 2.59 bits per heavy atom. The summed E-state index contributed by atoms with van der Waals surface area (Å²) in [5.41, 5.74) is 7.64. The quantitative estimate of drug-likeness (QED) is 0.214. The third-order valence-corrected chi connectivity index (χ3v) is 5.06. The maximum absolute atomic E-state index is 12.4. The lowest BCUT2D eigenvalue weighted by atomic mass is 10.2. The number of imidazole rings is 1. The van der Waals surface area contributed by atoms with Crippen molar-refractivity contribution in [2.45, 2.75) is 13.5 Å². The third kappa shape index (κ3) is 5.04. The van der Waals surface area contributed by atoms with Gasteiger partial charge in [-0.1, -0.05) is 29.8 Å². The zero-order chi connectivity index (χ0) is 22.5. The number of ether oxygens (including phenoxy) is 2. The lowest BCUT2D eigenvalue weighted by Gasteiger charge is -2.11. The molecule has 0 saturated heterocycles. The lowest BCUT2D eigenvalue weighted by molar-refractivity contribution is 0.0955. The van der Waals surface area contributed by atoms with E-state index < -0.39 is 0 Å². The summed E-state index contributed by atoms with van der Waals surface area (Å²) in [5.74, 6) is 0.890. The summed E-state index contributed by atoms with van der Waals surface area (Å²) in [6.45, 7) is 2.49. The third-order valence-electron chi connectivity index (χ3n) is 4.86. The number of aromatic nitrogens is 2. The molecule has 0 saturated carbocycles. The summed E-state index contributed by atoms with van der Waals surface area (Å²) in [7, 11) is 1.58. The molecule has 4 aromatic rings. The van der Waals surface area contributed by atoms with Gasteiger partial charge in [-0.3, -0.25) is 4.79 Å². The van der Waals surface area contributed by atoms with Gasteiger partial charge in [0.1, 0.15) is 6.61 Å². The van der Waals surface area contributed by atoms with Crippen LogP contribution in [0, 0.1) is 11.7 Å². The predicted octanol–water partition coefficient (Wildman–Crippen LogP) is 4.89. The minimum atomic E-state index is -0.325. The smallest absolute Gasteiger partial charge is 0.271 e. The van der Waals surface area contributed by atoms with Crippen LogP contribution in [0.5, 0.6) is 11.5 Å². The number of hydrogen-bond donors (Lipinski definition) is 3. The number of carbonyl (C=O) groups excluding carboxylic acids is 1. The van der Waals surface area contributed by atoms with Gasteiger partial charge in [0.2, 0.25) is 0 Å². The summed E-state index contributed by atoms with van der Waals surface area (Å²) in [5, 5.41) is 4.05. The molecule has 0 fully saturated rings. The zero-order valence-corrected chi connectivity index (χ0v) is 18.5. The Labute approximate surface area is 190 Å². The molecule has 1 aromatic heterocycles. The molecule has 0 bridgehead atoms. The van der Waals surface area contributed by atoms with Crippen molar-refractivity contribution in [2.24, 2.45) is 5.10 Å². The molecule has 3 aromatic carbocycles. The van der Waals surface area contributed by atoms with Crippen LogP contribution < -0.4 is 14.9 Å². The van der Waals surface area contributed by atoms with Gasteiger partial charge in [0.25, 0.3) is 5.91 Å². The van der Waals surface area contributed by atoms with E-state index in [1.807, 2.05) is 31.2 Å². The average Bonchev–Trinajstić information content (AvgIpc) is 3.18. The van der Waals surface area contributed by atoms with E-state index in [9.17, 15) is 4.79 Å². The van der Waals surface area contributed by atoms with Gasteiger partial charge in [0.05, 0.1) is 24.4 Å². The van der Waals surface area contributed by atoms with Crippen LogP contribution in [-0.2, 0) is 6.61 Å². The summed E-state index contributed by atoms with van der Waals surface area (Å²) in [4.78, 5) is 18.4. The van der Waals surface area contributed by atoms with Crippen LogP contribution >= 0.6 is 12.2 Å². The Balaban J connectivity index is 1.39. The number of benzene rings is 3. The SMILES string of the molecule is COc1cc(/C=N\NC(=O)c2ccc3[nH]c(=S)[nH]c3c2)ccc1OCc1ccc(C)cc1. The number of methoxy groups -OCH3 is 1. The Morgan fingerprint density at radius 2 is 1.81 bits per heavy atom. The monoisotopic (exact) mass is 446 g/mol. The van der Waals surface area contributed by atoms with Crippen molar-refractivity contribution in [1.29, 1.82) is 0 Å². The first kappa shape index (κ1) is 21.3. The molecule has 0 aliphatic carbocycles. The second-order valence-corrected chi connectivity index (χ2v) is 7.63. The molecule has 8 heteroatoms. The van der Waals surface area contributed by atoms with E-state index >= 15 is 0 Å². The van der Waals surface area contributed by atoms with Crippen molar-refractivity contribution in [1.82, 2.24) is 15.4 Å². The van der Waals surface area contributed by atoms with Crippen LogP contribution in [0.1, 0.15) is 27.0 Å². The van der Waals surface area contributed by atoms with Gasteiger partial charge < -0.3 is 19.4 Å². The van der Waals surface area contributed by atoms with E-state index in [2.05, 4.69) is 32.6 Å². The van der Waals surface area contributed by atoms with Crippen LogP contribution in [-0.4, -0.2) is 29.2 Å². The molecule has 0 radical (unpaired) electrons. The van der Waals surface area contributed by atoms with Crippen LogP contribution in [0.3, 0.4) is 0 Å². The second-order valence-electron chi connectivity index (χ2n) is 7.22. The number of hydrazone groups is 1. The number of nitrogens with one attached hydrogen (secondary N) is 3. The van der Waals surface area contributed by atoms with E-state index in [4.69, 9.17) is 21.7 Å². The molecule has 3 N–H and O–H groups in total. The van der Waals surface area contributed by atoms with Crippen molar-refractivity contribution in [3.05, 3.63) is 87.7 Å². The largest absolute Gasteiger partial charge is 0.493 e. The molecule has 4 rings (SSSR count). The molecule has 0 aliphatic heterocycles. The molecular weight excluding hydrogens is 424 g/mol. The minimum absolute atomic E-state index is 0.325. The fourth-order valence-corrected chi connectivity index (χ4v) is 3.35. The van der Waals surface area contributed by atoms with E-state index in [1.54, 1.807) is 37.6 Å². The van der Waals surface area contributed by atoms with Crippen molar-refractivity contribution in [3.8, 4) is 11.5 Å². The fraction of sp³-hybridized carbons (Fsp3) is 0.125. The van der Waals surface area contributed by atoms with Gasteiger partial charge >= 0.3 is 0 Å². The Kier molecular flexibility index (Phi) is 6.32. The van der Waals surface area contributed by atoms with Crippen LogP contribution in [0.25, 0.3) is 11.0 Å². The molecule has 1 heterocycles. The van der Waals surface area contributed by atoms with Crippen molar-refractivity contribution in [2.75, 3.05) is 7.11 Å². The maximum atomic E-state index is 12.4. The Morgan fingerprint density at radius 1 is 1.03 bits per heavy atom. The highest BCUT2D eigenvalue weighted by molar-refractivity contribution is 7.71. The van der Waals surface area contributed by atoms with Crippen molar-refractivity contribution in [3.63, 3.8) is 0 Å². The Hall–Kier alpha value is -3.91. The Bertz CT molecular complexity index is 1340. The fourth-order valence-electron chi connectivity index (χ4n) is 3.13. The number of H-pyrrole nitrogens is 2. The van der Waals surface area contributed by atoms with Gasteiger partial charge in [-0.25, -0.2) is 5.43 Å². The molecule has 162 valence electrons. The van der Waals surface area contributed by atoms with E-state index in [1.165, 1.54) is 5.56 Å². The van der Waals surface area contributed by atoms with Gasteiger partial charge in [-0.2, -0.15) is 5.10 Å². The predicted molar refractivity (Wildman–Crippen MR) is 127 cm³/mol. The lowest BCUT2D eigenvalue weighted by Crippen LogP contribution is -2.17. The molecule has 7 nitrogen and oxygen atoms in total. The van der Waals surface area contributed by atoms with E-state index in [0.717, 1.165) is 22.2 Å². The molecule has 0 atom stereocenters. The highest BCUT2D eigenvalue weighted by Crippen LogP contribution is 2.28. The topological polar surface area (TPSA) is 91.5 Å². The maximum Gasteiger partial charge on any atom is 0.271 e. The minimum Gasteiger partial charge on any atom is -0.493 e. The number of aryl methyl sites for hydroxylation is 1. The highest BCUT2D eigenvalue weighted by atomic mass is 32.1. The molecule has 0 unspecified atom stereocenters. The number of amides is 1. The summed E-state index contributed by atoms with van der Waals surface area (Å²) in [6, 6.07) is 18.8. The van der Waals surface area contributed by atoms with Crippen LogP contribution in [0.2, 0.25) is 0 Å². The molecule has 32 heavy (non-hydrogen) atoms. The number of fused-ring (bicyclic) bond motifs is 1. The molecule has 0 aliphatic rings. The van der Waals surface area contributed by atoms with E-state index in [-0.39, 0.29) is 5.91 Å². The summed E-state index contributed by atoms with van der Waals surface area (Å²) >= 11 is 5.07. The summed E-state index contributed by atoms with van der Waals surface area (Å²) < 4.78 is 11.8. The highest BCUT2D eigenvalue weighted by Gasteiger charge is 2.08. The normalized spacial score (nSPS) is 11.1. The van der Waals surface area contributed by atoms with Crippen molar-refractivity contribution >= 4 is 35.4 Å². The number of rotatable bonds is 7. The first-order valence-electron chi connectivity index (χ1n) is 9.93. The number of nitrogens with zero attached hydrogens (tertiary/aromatic N) is 1. The van der Waals surface area contributed by atoms with Gasteiger partial charge in [0.15, 0.2) is 16.3 Å². The number of hydrogen-bond acceptors (Lipinski definition) is 5. The molecule has 1 amide bonds.